The molecule has 1 aliphatic heterocycles. The van der Waals surface area contributed by atoms with E-state index in [4.69, 9.17) is 0 Å². The quantitative estimate of drug-likeness (QED) is 0.809. The van der Waals surface area contributed by atoms with Gasteiger partial charge in [-0.1, -0.05) is 32.9 Å². The summed E-state index contributed by atoms with van der Waals surface area (Å²) in [6.07, 6.45) is 0. The van der Waals surface area contributed by atoms with Crippen LogP contribution in [0.3, 0.4) is 0 Å². The van der Waals surface area contributed by atoms with E-state index in [1.807, 2.05) is 20.8 Å². The second-order valence-electron chi connectivity index (χ2n) is 7.35. The normalized spacial score (nSPS) is 15.2. The van der Waals surface area contributed by atoms with Gasteiger partial charge in [-0.25, -0.2) is 9.37 Å². The average molecular weight is 375 g/mol. The Morgan fingerprint density at radius 1 is 1.08 bits per heavy atom. The maximum Gasteiger partial charge on any atom is 0.273 e. The number of halogens is 1. The molecule has 0 atom stereocenters. The molecule has 3 rings (SSSR count). The van der Waals surface area contributed by atoms with E-state index in [9.17, 15) is 14.0 Å². The number of piperazine rings is 1. The van der Waals surface area contributed by atoms with Crippen LogP contribution in [0.2, 0.25) is 0 Å². The molecule has 1 aromatic heterocycles. The van der Waals surface area contributed by atoms with Crippen molar-refractivity contribution in [3.8, 4) is 10.6 Å². The monoisotopic (exact) mass is 375 g/mol. The minimum absolute atomic E-state index is 0.0973. The number of carbonyl (C=O) groups excluding carboxylic acids is 2. The second kappa shape index (κ2) is 7.15. The van der Waals surface area contributed by atoms with Crippen molar-refractivity contribution in [3.63, 3.8) is 0 Å². The van der Waals surface area contributed by atoms with Crippen LogP contribution in [0.15, 0.2) is 29.6 Å². The van der Waals surface area contributed by atoms with E-state index in [2.05, 4.69) is 4.98 Å². The molecule has 0 unspecified atom stereocenters. The Hall–Kier alpha value is -2.28. The predicted molar refractivity (Wildman–Crippen MR) is 99.4 cm³/mol. The van der Waals surface area contributed by atoms with Gasteiger partial charge in [0.1, 0.15) is 16.5 Å². The molecule has 7 heteroatoms. The minimum Gasteiger partial charge on any atom is -0.339 e. The molecule has 1 fully saturated rings. The van der Waals surface area contributed by atoms with Gasteiger partial charge in [-0.2, -0.15) is 0 Å². The van der Waals surface area contributed by atoms with Crippen LogP contribution in [0.4, 0.5) is 4.39 Å². The summed E-state index contributed by atoms with van der Waals surface area (Å²) in [7, 11) is 0. The van der Waals surface area contributed by atoms with E-state index in [1.54, 1.807) is 33.4 Å². The van der Waals surface area contributed by atoms with Crippen molar-refractivity contribution >= 4 is 23.2 Å². The summed E-state index contributed by atoms with van der Waals surface area (Å²) in [5.74, 6) is -0.429. The van der Waals surface area contributed by atoms with Crippen molar-refractivity contribution in [2.24, 2.45) is 5.41 Å². The van der Waals surface area contributed by atoms with Crippen molar-refractivity contribution in [1.29, 1.82) is 0 Å². The van der Waals surface area contributed by atoms with E-state index in [1.165, 1.54) is 17.4 Å². The van der Waals surface area contributed by atoms with Crippen LogP contribution in [-0.4, -0.2) is 52.8 Å². The Balaban J connectivity index is 1.67. The largest absolute Gasteiger partial charge is 0.339 e. The third-order valence-corrected chi connectivity index (χ3v) is 5.20. The number of aromatic nitrogens is 1. The fraction of sp³-hybridized carbons (Fsp3) is 0.421. The van der Waals surface area contributed by atoms with E-state index < -0.39 is 5.41 Å². The zero-order valence-electron chi connectivity index (χ0n) is 15.2. The minimum atomic E-state index is -0.421. The van der Waals surface area contributed by atoms with Crippen LogP contribution in [-0.2, 0) is 4.79 Å². The molecule has 5 nitrogen and oxygen atoms in total. The molecule has 0 spiro atoms. The Kier molecular flexibility index (Phi) is 5.09. The summed E-state index contributed by atoms with van der Waals surface area (Å²) in [4.78, 5) is 32.8. The zero-order valence-corrected chi connectivity index (χ0v) is 16.0. The Morgan fingerprint density at radius 3 is 2.31 bits per heavy atom. The van der Waals surface area contributed by atoms with E-state index in [0.717, 1.165) is 0 Å². The molecule has 2 heterocycles. The van der Waals surface area contributed by atoms with Crippen molar-refractivity contribution in [2.45, 2.75) is 20.8 Å². The number of thiazole rings is 1. The highest BCUT2D eigenvalue weighted by Crippen LogP contribution is 2.27. The molecule has 0 saturated carbocycles. The molecule has 0 bridgehead atoms. The fourth-order valence-electron chi connectivity index (χ4n) is 2.88. The Bertz CT molecular complexity index is 820. The van der Waals surface area contributed by atoms with E-state index in [-0.39, 0.29) is 17.6 Å². The molecule has 1 aliphatic rings. The summed E-state index contributed by atoms with van der Waals surface area (Å²) < 4.78 is 13.9. The number of nitrogens with zero attached hydrogens (tertiary/aromatic N) is 3. The van der Waals surface area contributed by atoms with Crippen LogP contribution >= 0.6 is 11.3 Å². The van der Waals surface area contributed by atoms with Crippen LogP contribution in [0.1, 0.15) is 31.3 Å². The Morgan fingerprint density at radius 2 is 1.69 bits per heavy atom. The lowest BCUT2D eigenvalue weighted by Gasteiger charge is -2.37. The van der Waals surface area contributed by atoms with Gasteiger partial charge in [0.05, 0.1) is 0 Å². The molecule has 2 amide bonds. The predicted octanol–water partition coefficient (Wildman–Crippen LogP) is 3.28. The zero-order chi connectivity index (χ0) is 18.9. The van der Waals surface area contributed by atoms with Crippen molar-refractivity contribution in [2.75, 3.05) is 26.2 Å². The Labute approximate surface area is 156 Å². The van der Waals surface area contributed by atoms with Crippen LogP contribution in [0.25, 0.3) is 10.6 Å². The molecule has 0 N–H and O–H groups in total. The lowest BCUT2D eigenvalue weighted by atomic mass is 9.94. The van der Waals surface area contributed by atoms with Crippen LogP contribution in [0, 0.1) is 11.2 Å². The number of hydrogen-bond acceptors (Lipinski definition) is 4. The number of benzene rings is 1. The van der Waals surface area contributed by atoms with Gasteiger partial charge < -0.3 is 9.80 Å². The van der Waals surface area contributed by atoms with Crippen LogP contribution < -0.4 is 0 Å². The molecule has 26 heavy (non-hydrogen) atoms. The lowest BCUT2D eigenvalue weighted by Crippen LogP contribution is -2.53. The second-order valence-corrected chi connectivity index (χ2v) is 8.21. The van der Waals surface area contributed by atoms with Crippen LogP contribution in [0.5, 0.6) is 0 Å². The van der Waals surface area contributed by atoms with Crippen molar-refractivity contribution in [1.82, 2.24) is 14.8 Å². The summed E-state index contributed by atoms with van der Waals surface area (Å²) in [5, 5.41) is 2.16. The van der Waals surface area contributed by atoms with Crippen molar-refractivity contribution < 1.29 is 14.0 Å². The van der Waals surface area contributed by atoms with Gasteiger partial charge in [-0.3, -0.25) is 9.59 Å². The number of rotatable bonds is 2. The summed E-state index contributed by atoms with van der Waals surface area (Å²) in [6.45, 7) is 7.68. The maximum absolute atomic E-state index is 13.9. The highest BCUT2D eigenvalue weighted by molar-refractivity contribution is 7.13. The third kappa shape index (κ3) is 3.77. The molecular formula is C19H22FN3O2S. The molecule has 2 aromatic rings. The first-order valence-corrected chi connectivity index (χ1v) is 9.44. The van der Waals surface area contributed by atoms with Gasteiger partial charge in [0.25, 0.3) is 5.91 Å². The smallest absolute Gasteiger partial charge is 0.273 e. The van der Waals surface area contributed by atoms with Gasteiger partial charge in [0.15, 0.2) is 0 Å². The molecule has 138 valence electrons. The topological polar surface area (TPSA) is 53.5 Å². The fourth-order valence-corrected chi connectivity index (χ4v) is 3.70. The maximum atomic E-state index is 13.9. The number of hydrogen-bond donors (Lipinski definition) is 0. The van der Waals surface area contributed by atoms with Gasteiger partial charge in [0, 0.05) is 42.5 Å². The summed E-state index contributed by atoms with van der Waals surface area (Å²) in [6, 6.07) is 6.40. The first-order chi connectivity index (χ1) is 12.3. The standard InChI is InChI=1S/C19H22FN3O2S/c1-19(2,3)18(25)23-10-8-22(9-11-23)17(24)15-12-26-16(21-15)13-6-4-5-7-14(13)20/h4-7,12H,8-11H2,1-3H3. The van der Waals surface area contributed by atoms with E-state index in [0.29, 0.717) is 42.4 Å². The number of amides is 2. The first-order valence-electron chi connectivity index (χ1n) is 8.56. The number of carbonyl (C=O) groups is 2. The van der Waals surface area contributed by atoms with E-state index >= 15 is 0 Å². The summed E-state index contributed by atoms with van der Waals surface area (Å²) >= 11 is 1.25. The highest BCUT2D eigenvalue weighted by atomic mass is 32.1. The molecule has 0 radical (unpaired) electrons. The van der Waals surface area contributed by atoms with Crippen molar-refractivity contribution in [3.05, 3.63) is 41.2 Å². The molecule has 1 saturated heterocycles. The lowest BCUT2D eigenvalue weighted by molar-refractivity contribution is -0.140. The molecular weight excluding hydrogens is 353 g/mol. The van der Waals surface area contributed by atoms with Gasteiger partial charge >= 0.3 is 0 Å². The highest BCUT2D eigenvalue weighted by Gasteiger charge is 2.31. The third-order valence-electron chi connectivity index (χ3n) is 4.32. The molecule has 1 aromatic carbocycles. The molecule has 0 aliphatic carbocycles. The van der Waals surface area contributed by atoms with Gasteiger partial charge in [-0.05, 0) is 12.1 Å². The van der Waals surface area contributed by atoms with Gasteiger partial charge in [-0.15, -0.1) is 11.3 Å². The SMILES string of the molecule is CC(C)(C)C(=O)N1CCN(C(=O)c2csc(-c3ccccc3F)n2)CC1. The van der Waals surface area contributed by atoms with Gasteiger partial charge in [0.2, 0.25) is 5.91 Å². The summed E-state index contributed by atoms with van der Waals surface area (Å²) in [5.41, 5.74) is 0.302. The average Bonchev–Trinajstić information content (AvgIpc) is 3.10. The first kappa shape index (κ1) is 18.5.